The summed E-state index contributed by atoms with van der Waals surface area (Å²) in [6.07, 6.45) is -5.09. The maximum atomic E-state index is 13.6. The molecule has 2 atom stereocenters. The first kappa shape index (κ1) is 14.7. The van der Waals surface area contributed by atoms with Crippen molar-refractivity contribution in [1.82, 2.24) is 0 Å². The average Bonchev–Trinajstić information content (AvgIpc) is 2.26. The number of nitrogens with two attached hydrogens (primary N) is 1. The highest BCUT2D eigenvalue weighted by molar-refractivity contribution is 5.34. The lowest BCUT2D eigenvalue weighted by atomic mass is 9.86. The predicted octanol–water partition coefficient (Wildman–Crippen LogP) is 1.93. The summed E-state index contributed by atoms with van der Waals surface area (Å²) in [4.78, 5) is 0. The van der Waals surface area contributed by atoms with E-state index in [1.165, 1.54) is 7.11 Å². The highest BCUT2D eigenvalue weighted by Gasteiger charge is 2.58. The van der Waals surface area contributed by atoms with Gasteiger partial charge in [0.25, 0.3) is 0 Å². The molecule has 0 saturated carbocycles. The molecule has 0 radical (unpaired) electrons. The molecule has 0 aliphatic rings. The second kappa shape index (κ2) is 4.74. The van der Waals surface area contributed by atoms with E-state index in [-0.39, 0.29) is 5.75 Å². The summed E-state index contributed by atoms with van der Waals surface area (Å²) in [5, 5.41) is 9.71. The van der Waals surface area contributed by atoms with Gasteiger partial charge >= 0.3 is 6.18 Å². The lowest BCUT2D eigenvalue weighted by molar-refractivity contribution is -0.273. The molecule has 1 aromatic rings. The van der Waals surface area contributed by atoms with Gasteiger partial charge in [0, 0.05) is 17.7 Å². The molecule has 0 aliphatic carbocycles. The maximum absolute atomic E-state index is 13.6. The first-order chi connectivity index (χ1) is 8.14. The molecule has 3 nitrogen and oxygen atoms in total. The van der Waals surface area contributed by atoms with Crippen molar-refractivity contribution in [2.75, 3.05) is 7.11 Å². The van der Waals surface area contributed by atoms with Gasteiger partial charge in [0.05, 0.1) is 7.11 Å². The van der Waals surface area contributed by atoms with Gasteiger partial charge in [0.15, 0.2) is 0 Å². The van der Waals surface area contributed by atoms with Crippen LogP contribution in [-0.2, 0) is 5.60 Å². The molecule has 0 heterocycles. The summed E-state index contributed by atoms with van der Waals surface area (Å²) in [5.41, 5.74) is 0.794. The summed E-state index contributed by atoms with van der Waals surface area (Å²) in [6, 6.07) is 0.970. The number of halogens is 4. The highest BCUT2D eigenvalue weighted by Crippen LogP contribution is 2.42. The van der Waals surface area contributed by atoms with E-state index < -0.39 is 29.2 Å². The van der Waals surface area contributed by atoms with Gasteiger partial charge in [-0.15, -0.1) is 0 Å². The second-order valence-electron chi connectivity index (χ2n) is 3.90. The summed E-state index contributed by atoms with van der Waals surface area (Å²) in [5.74, 6) is -1.18. The number of hydrogen-bond acceptors (Lipinski definition) is 3. The number of hydrogen-bond donors (Lipinski definition) is 2. The second-order valence-corrected chi connectivity index (χ2v) is 3.90. The Hall–Kier alpha value is -1.34. The van der Waals surface area contributed by atoms with E-state index in [1.54, 1.807) is 0 Å². The minimum atomic E-state index is -5.09. The Morgan fingerprint density at radius 3 is 2.22 bits per heavy atom. The molecule has 7 heteroatoms. The first-order valence-electron chi connectivity index (χ1n) is 5.03. The highest BCUT2D eigenvalue weighted by atomic mass is 19.4. The number of rotatable bonds is 3. The van der Waals surface area contributed by atoms with Crippen molar-refractivity contribution in [1.29, 1.82) is 0 Å². The number of aliphatic hydroxyl groups is 1. The fourth-order valence-electron chi connectivity index (χ4n) is 1.59. The van der Waals surface area contributed by atoms with Crippen LogP contribution in [0.1, 0.15) is 12.5 Å². The molecular formula is C11H13F4NO2. The van der Waals surface area contributed by atoms with E-state index in [0.29, 0.717) is 0 Å². The van der Waals surface area contributed by atoms with Crippen molar-refractivity contribution < 1.29 is 27.4 Å². The molecule has 0 bridgehead atoms. The number of alkyl halides is 3. The van der Waals surface area contributed by atoms with Gasteiger partial charge in [-0.2, -0.15) is 13.2 Å². The van der Waals surface area contributed by atoms with E-state index in [9.17, 15) is 22.7 Å². The standard InChI is InChI=1S/C11H13F4NO2/c1-6(16)10(17,11(13,14)15)8-4-3-7(18-2)5-9(8)12/h3-6,17H,16H2,1-2H3. The van der Waals surface area contributed by atoms with Crippen molar-refractivity contribution in [3.63, 3.8) is 0 Å². The Bertz CT molecular complexity index is 434. The van der Waals surface area contributed by atoms with Crippen LogP contribution in [-0.4, -0.2) is 24.4 Å². The molecule has 1 rings (SSSR count). The molecule has 102 valence electrons. The Morgan fingerprint density at radius 1 is 1.33 bits per heavy atom. The molecule has 3 N–H and O–H groups in total. The van der Waals surface area contributed by atoms with Crippen LogP contribution in [0.3, 0.4) is 0 Å². The van der Waals surface area contributed by atoms with Crippen LogP contribution in [0.5, 0.6) is 5.75 Å². The van der Waals surface area contributed by atoms with Crippen LogP contribution in [0.25, 0.3) is 0 Å². The van der Waals surface area contributed by atoms with Gasteiger partial charge in [-0.25, -0.2) is 4.39 Å². The lowest BCUT2D eigenvalue weighted by Crippen LogP contribution is -2.54. The van der Waals surface area contributed by atoms with Crippen molar-refractivity contribution in [2.24, 2.45) is 5.73 Å². The minimum Gasteiger partial charge on any atom is -0.497 e. The monoisotopic (exact) mass is 267 g/mol. The number of benzene rings is 1. The van der Waals surface area contributed by atoms with Gasteiger partial charge < -0.3 is 15.6 Å². The van der Waals surface area contributed by atoms with Crippen LogP contribution in [0.2, 0.25) is 0 Å². The van der Waals surface area contributed by atoms with Crippen LogP contribution >= 0.6 is 0 Å². The maximum Gasteiger partial charge on any atom is 0.423 e. The molecule has 1 aromatic carbocycles. The van der Waals surface area contributed by atoms with Gasteiger partial charge in [0.1, 0.15) is 11.6 Å². The number of methoxy groups -OCH3 is 1. The topological polar surface area (TPSA) is 55.5 Å². The summed E-state index contributed by atoms with van der Waals surface area (Å²) >= 11 is 0. The zero-order chi connectivity index (χ0) is 14.1. The Kier molecular flexibility index (Phi) is 3.87. The molecule has 0 aliphatic heterocycles. The quantitative estimate of drug-likeness (QED) is 0.823. The fourth-order valence-corrected chi connectivity index (χ4v) is 1.59. The molecule has 18 heavy (non-hydrogen) atoms. The minimum absolute atomic E-state index is 0.0467. The van der Waals surface area contributed by atoms with Crippen LogP contribution < -0.4 is 10.5 Å². The first-order valence-corrected chi connectivity index (χ1v) is 5.03. The van der Waals surface area contributed by atoms with Crippen LogP contribution in [0.15, 0.2) is 18.2 Å². The fraction of sp³-hybridized carbons (Fsp3) is 0.455. The third-order valence-electron chi connectivity index (χ3n) is 2.68. The van der Waals surface area contributed by atoms with Crippen molar-refractivity contribution in [2.45, 2.75) is 24.7 Å². The van der Waals surface area contributed by atoms with E-state index in [4.69, 9.17) is 5.73 Å². The van der Waals surface area contributed by atoms with Crippen molar-refractivity contribution in [3.8, 4) is 5.75 Å². The molecule has 0 amide bonds. The molecule has 0 fully saturated rings. The predicted molar refractivity (Wildman–Crippen MR) is 56.6 cm³/mol. The Morgan fingerprint density at radius 2 is 1.89 bits per heavy atom. The van der Waals surface area contributed by atoms with Gasteiger partial charge in [-0.3, -0.25) is 0 Å². The molecule has 0 spiro atoms. The van der Waals surface area contributed by atoms with E-state index in [0.717, 1.165) is 25.1 Å². The normalized spacial score (nSPS) is 17.1. The van der Waals surface area contributed by atoms with Gasteiger partial charge in [-0.05, 0) is 19.1 Å². The zero-order valence-corrected chi connectivity index (χ0v) is 9.75. The van der Waals surface area contributed by atoms with E-state index >= 15 is 0 Å². The smallest absolute Gasteiger partial charge is 0.423 e. The Labute approximate surface area is 101 Å². The lowest BCUT2D eigenvalue weighted by Gasteiger charge is -2.34. The average molecular weight is 267 g/mol. The third-order valence-corrected chi connectivity index (χ3v) is 2.68. The molecule has 0 saturated heterocycles. The summed E-state index contributed by atoms with van der Waals surface area (Å²) in [7, 11) is 1.25. The van der Waals surface area contributed by atoms with Crippen molar-refractivity contribution in [3.05, 3.63) is 29.6 Å². The van der Waals surface area contributed by atoms with E-state index in [1.807, 2.05) is 0 Å². The zero-order valence-electron chi connectivity index (χ0n) is 9.75. The molecule has 2 unspecified atom stereocenters. The van der Waals surface area contributed by atoms with Gasteiger partial charge in [-0.1, -0.05) is 0 Å². The largest absolute Gasteiger partial charge is 0.497 e. The summed E-state index contributed by atoms with van der Waals surface area (Å²) in [6.45, 7) is 0.956. The summed E-state index contributed by atoms with van der Waals surface area (Å²) < 4.78 is 56.9. The molecule has 0 aromatic heterocycles. The van der Waals surface area contributed by atoms with Crippen molar-refractivity contribution >= 4 is 0 Å². The Balaban J connectivity index is 3.41. The number of ether oxygens (including phenoxy) is 1. The van der Waals surface area contributed by atoms with Gasteiger partial charge in [0.2, 0.25) is 5.60 Å². The van der Waals surface area contributed by atoms with Crippen LogP contribution in [0, 0.1) is 5.82 Å². The SMILES string of the molecule is COc1ccc(C(O)(C(C)N)C(F)(F)F)c(F)c1. The van der Waals surface area contributed by atoms with E-state index in [2.05, 4.69) is 4.74 Å². The van der Waals surface area contributed by atoms with Crippen LogP contribution in [0.4, 0.5) is 17.6 Å². The third kappa shape index (κ3) is 2.28. The molecular weight excluding hydrogens is 254 g/mol.